The van der Waals surface area contributed by atoms with Crippen molar-refractivity contribution in [2.75, 3.05) is 25.7 Å². The molecule has 72 valence electrons. The quantitative estimate of drug-likeness (QED) is 0.677. The van der Waals surface area contributed by atoms with Crippen LogP contribution in [0.2, 0.25) is 0 Å². The predicted molar refractivity (Wildman–Crippen MR) is 52.5 cm³/mol. The number of ether oxygens (including phenoxy) is 1. The topological polar surface area (TPSA) is 38.3 Å². The molecule has 0 unspecified atom stereocenters. The maximum absolute atomic E-state index is 11.1. The summed E-state index contributed by atoms with van der Waals surface area (Å²) in [5, 5.41) is 2.88. The average Bonchev–Trinajstić information content (AvgIpc) is 2.04. The molecule has 1 amide bonds. The van der Waals surface area contributed by atoms with Gasteiger partial charge in [-0.2, -0.15) is 11.8 Å². The van der Waals surface area contributed by atoms with Crippen molar-refractivity contribution in [3.63, 3.8) is 0 Å². The fraction of sp³-hybridized carbons (Fsp3) is 0.875. The van der Waals surface area contributed by atoms with Crippen LogP contribution in [-0.2, 0) is 9.53 Å². The first-order valence-corrected chi connectivity index (χ1v) is 5.41. The van der Waals surface area contributed by atoms with Gasteiger partial charge in [0.1, 0.15) is 0 Å². The molecule has 4 heteroatoms. The Kier molecular flexibility index (Phi) is 7.29. The molecular formula is C8H17NO2S. The van der Waals surface area contributed by atoms with Crippen LogP contribution < -0.4 is 5.32 Å². The van der Waals surface area contributed by atoms with Gasteiger partial charge in [-0.05, 0) is 12.7 Å². The van der Waals surface area contributed by atoms with E-state index in [-0.39, 0.29) is 11.9 Å². The van der Waals surface area contributed by atoms with Crippen LogP contribution in [0.3, 0.4) is 0 Å². The zero-order valence-electron chi connectivity index (χ0n) is 7.92. The smallest absolute Gasteiger partial charge is 0.230 e. The number of nitrogens with one attached hydrogen (secondary N) is 1. The lowest BCUT2D eigenvalue weighted by molar-refractivity contribution is -0.119. The molecule has 0 aromatic rings. The first-order valence-electron chi connectivity index (χ1n) is 4.01. The van der Waals surface area contributed by atoms with Crippen molar-refractivity contribution in [1.82, 2.24) is 5.32 Å². The van der Waals surface area contributed by atoms with Crippen LogP contribution in [0.4, 0.5) is 0 Å². The molecule has 0 aliphatic carbocycles. The second kappa shape index (κ2) is 7.43. The van der Waals surface area contributed by atoms with Crippen LogP contribution in [0.15, 0.2) is 0 Å². The van der Waals surface area contributed by atoms with E-state index in [1.807, 2.05) is 13.2 Å². The Bertz CT molecular complexity index is 130. The Morgan fingerprint density at radius 3 is 2.75 bits per heavy atom. The molecule has 0 spiro atoms. The Morgan fingerprint density at radius 2 is 2.33 bits per heavy atom. The normalized spacial score (nSPS) is 12.6. The highest BCUT2D eigenvalue weighted by Crippen LogP contribution is 1.94. The van der Waals surface area contributed by atoms with Crippen LogP contribution in [-0.4, -0.2) is 37.7 Å². The second-order valence-corrected chi connectivity index (χ2v) is 3.43. The molecule has 0 rings (SSSR count). The number of thioether (sulfide) groups is 1. The summed E-state index contributed by atoms with van der Waals surface area (Å²) in [6.45, 7) is 2.62. The standard InChI is InChI=1S/C8H17NO2S/c1-4-7(5-11-2)9-8(10)6-12-3/h7H,4-6H2,1-3H3,(H,9,10)/t7-/m0/s1. The number of rotatable bonds is 6. The average molecular weight is 191 g/mol. The van der Waals surface area contributed by atoms with E-state index in [2.05, 4.69) is 5.32 Å². The fourth-order valence-corrected chi connectivity index (χ4v) is 1.21. The second-order valence-electron chi connectivity index (χ2n) is 2.56. The van der Waals surface area contributed by atoms with Gasteiger partial charge in [0.05, 0.1) is 18.4 Å². The maximum Gasteiger partial charge on any atom is 0.230 e. The monoisotopic (exact) mass is 191 g/mol. The minimum atomic E-state index is 0.0893. The van der Waals surface area contributed by atoms with E-state index >= 15 is 0 Å². The minimum Gasteiger partial charge on any atom is -0.383 e. The van der Waals surface area contributed by atoms with E-state index in [1.54, 1.807) is 7.11 Å². The van der Waals surface area contributed by atoms with Crippen LogP contribution in [0.1, 0.15) is 13.3 Å². The van der Waals surface area contributed by atoms with Gasteiger partial charge in [0.15, 0.2) is 0 Å². The van der Waals surface area contributed by atoms with Crippen LogP contribution in [0, 0.1) is 0 Å². The molecule has 0 aliphatic rings. The molecule has 1 N–H and O–H groups in total. The molecule has 0 aromatic carbocycles. The third-order valence-electron chi connectivity index (χ3n) is 1.50. The van der Waals surface area contributed by atoms with E-state index in [9.17, 15) is 4.79 Å². The highest BCUT2D eigenvalue weighted by Gasteiger charge is 2.08. The molecule has 0 bridgehead atoms. The molecule has 0 aliphatic heterocycles. The number of carbonyl (C=O) groups is 1. The van der Waals surface area contributed by atoms with Gasteiger partial charge >= 0.3 is 0 Å². The number of methoxy groups -OCH3 is 1. The highest BCUT2D eigenvalue weighted by atomic mass is 32.2. The van der Waals surface area contributed by atoms with Crippen molar-refractivity contribution >= 4 is 17.7 Å². The molecule has 3 nitrogen and oxygen atoms in total. The summed E-state index contributed by atoms with van der Waals surface area (Å²) < 4.78 is 4.95. The first kappa shape index (κ1) is 11.8. The molecule has 0 saturated carbocycles. The van der Waals surface area contributed by atoms with E-state index in [0.29, 0.717) is 12.4 Å². The Labute approximate surface area is 78.2 Å². The lowest BCUT2D eigenvalue weighted by Gasteiger charge is -2.15. The van der Waals surface area contributed by atoms with Crippen molar-refractivity contribution in [1.29, 1.82) is 0 Å². The van der Waals surface area contributed by atoms with Gasteiger partial charge in [0.2, 0.25) is 5.91 Å². The van der Waals surface area contributed by atoms with Gasteiger partial charge in [-0.15, -0.1) is 0 Å². The Balaban J connectivity index is 3.61. The maximum atomic E-state index is 11.1. The summed E-state index contributed by atoms with van der Waals surface area (Å²) >= 11 is 1.53. The molecule has 0 fully saturated rings. The summed E-state index contributed by atoms with van der Waals surface area (Å²) in [7, 11) is 1.64. The minimum absolute atomic E-state index is 0.0893. The van der Waals surface area contributed by atoms with Crippen molar-refractivity contribution in [3.8, 4) is 0 Å². The Hall–Kier alpha value is -0.220. The van der Waals surface area contributed by atoms with Gasteiger partial charge in [0.25, 0.3) is 0 Å². The summed E-state index contributed by atoms with van der Waals surface area (Å²) in [5.74, 6) is 0.617. The van der Waals surface area contributed by atoms with Crippen LogP contribution in [0.25, 0.3) is 0 Å². The van der Waals surface area contributed by atoms with E-state index < -0.39 is 0 Å². The zero-order valence-corrected chi connectivity index (χ0v) is 8.74. The third-order valence-corrected chi connectivity index (χ3v) is 2.05. The van der Waals surface area contributed by atoms with Crippen molar-refractivity contribution in [3.05, 3.63) is 0 Å². The molecule has 1 atom stereocenters. The predicted octanol–water partition coefficient (Wildman–Crippen LogP) is 0.891. The summed E-state index contributed by atoms with van der Waals surface area (Å²) in [4.78, 5) is 11.1. The number of carbonyl (C=O) groups excluding carboxylic acids is 1. The summed E-state index contributed by atoms with van der Waals surface area (Å²) in [5.41, 5.74) is 0. The molecule has 0 radical (unpaired) electrons. The number of amides is 1. The van der Waals surface area contributed by atoms with E-state index in [1.165, 1.54) is 11.8 Å². The molecule has 0 aromatic heterocycles. The zero-order chi connectivity index (χ0) is 9.40. The lowest BCUT2D eigenvalue weighted by Crippen LogP contribution is -2.38. The van der Waals surface area contributed by atoms with Gasteiger partial charge < -0.3 is 10.1 Å². The van der Waals surface area contributed by atoms with Crippen molar-refractivity contribution in [2.45, 2.75) is 19.4 Å². The highest BCUT2D eigenvalue weighted by molar-refractivity contribution is 7.99. The van der Waals surface area contributed by atoms with E-state index in [4.69, 9.17) is 4.74 Å². The number of hydrogen-bond acceptors (Lipinski definition) is 3. The summed E-state index contributed by atoms with van der Waals surface area (Å²) in [6.07, 6.45) is 2.82. The van der Waals surface area contributed by atoms with E-state index in [0.717, 1.165) is 6.42 Å². The Morgan fingerprint density at radius 1 is 1.67 bits per heavy atom. The molecule has 12 heavy (non-hydrogen) atoms. The fourth-order valence-electron chi connectivity index (χ4n) is 0.863. The van der Waals surface area contributed by atoms with Gasteiger partial charge in [-0.25, -0.2) is 0 Å². The van der Waals surface area contributed by atoms with Gasteiger partial charge in [-0.3, -0.25) is 4.79 Å². The molecule has 0 heterocycles. The van der Waals surface area contributed by atoms with Crippen LogP contribution >= 0.6 is 11.8 Å². The van der Waals surface area contributed by atoms with Crippen molar-refractivity contribution in [2.24, 2.45) is 0 Å². The largest absolute Gasteiger partial charge is 0.383 e. The molecule has 0 saturated heterocycles. The van der Waals surface area contributed by atoms with Gasteiger partial charge in [0, 0.05) is 7.11 Å². The summed E-state index contributed by atoms with van der Waals surface area (Å²) in [6, 6.07) is 0.162. The first-order chi connectivity index (χ1) is 5.74. The molecular weight excluding hydrogens is 174 g/mol. The van der Waals surface area contributed by atoms with Crippen molar-refractivity contribution < 1.29 is 9.53 Å². The van der Waals surface area contributed by atoms with Crippen LogP contribution in [0.5, 0.6) is 0 Å². The third kappa shape index (κ3) is 5.43. The number of hydrogen-bond donors (Lipinski definition) is 1. The van der Waals surface area contributed by atoms with Gasteiger partial charge in [-0.1, -0.05) is 6.92 Å². The SMILES string of the molecule is CC[C@@H](COC)NC(=O)CSC. The lowest BCUT2D eigenvalue weighted by atomic mass is 10.2.